The number of halogens is 1. The van der Waals surface area contributed by atoms with Gasteiger partial charge in [-0.05, 0) is 24.7 Å². The van der Waals surface area contributed by atoms with Crippen molar-refractivity contribution in [2.45, 2.75) is 20.8 Å². The Morgan fingerprint density at radius 1 is 1.16 bits per heavy atom. The van der Waals surface area contributed by atoms with Gasteiger partial charge in [-0.15, -0.1) is 0 Å². The zero-order chi connectivity index (χ0) is 14.3. The zero-order valence-corrected chi connectivity index (χ0v) is 13.3. The smallest absolute Gasteiger partial charge is 0.0660 e. The summed E-state index contributed by atoms with van der Waals surface area (Å²) in [4.78, 5) is 4.83. The molecule has 1 aromatic rings. The van der Waals surface area contributed by atoms with Crippen molar-refractivity contribution in [3.63, 3.8) is 0 Å². The molecule has 0 bridgehead atoms. The number of hydrogen-bond donors (Lipinski definition) is 1. The average Bonchev–Trinajstić information content (AvgIpc) is 2.49. The van der Waals surface area contributed by atoms with Gasteiger partial charge in [0.25, 0.3) is 0 Å². The van der Waals surface area contributed by atoms with E-state index in [2.05, 4.69) is 34.2 Å². The van der Waals surface area contributed by atoms with Crippen LogP contribution >= 0.6 is 11.6 Å². The first-order chi connectivity index (χ1) is 9.24. The maximum atomic E-state index is 6.32. The second-order valence-corrected chi connectivity index (χ2v) is 4.74. The fraction of sp³-hybridized carbons (Fsp3) is 0.600. The van der Waals surface area contributed by atoms with Gasteiger partial charge in [-0.25, -0.2) is 0 Å². The molecular formula is C15H26ClN3. The van der Waals surface area contributed by atoms with Crippen LogP contribution < -0.4 is 10.2 Å². The number of anilines is 2. The molecule has 19 heavy (non-hydrogen) atoms. The van der Waals surface area contributed by atoms with Gasteiger partial charge in [-0.1, -0.05) is 32.4 Å². The lowest BCUT2D eigenvalue weighted by Crippen LogP contribution is -2.46. The van der Waals surface area contributed by atoms with Crippen molar-refractivity contribution in [1.82, 2.24) is 4.90 Å². The first-order valence-corrected chi connectivity index (χ1v) is 7.57. The highest BCUT2D eigenvalue weighted by Gasteiger charge is 2.17. The summed E-state index contributed by atoms with van der Waals surface area (Å²) in [5.74, 6) is 0. The highest BCUT2D eigenvalue weighted by atomic mass is 35.5. The highest BCUT2D eigenvalue weighted by Crippen LogP contribution is 2.29. The summed E-state index contributed by atoms with van der Waals surface area (Å²) in [5, 5.41) is 3.94. The van der Waals surface area contributed by atoms with Gasteiger partial charge in [0.15, 0.2) is 0 Å². The molecule has 2 rings (SSSR count). The van der Waals surface area contributed by atoms with Gasteiger partial charge in [-0.3, -0.25) is 0 Å². The molecule has 0 unspecified atom stereocenters. The van der Waals surface area contributed by atoms with E-state index in [9.17, 15) is 0 Å². The topological polar surface area (TPSA) is 18.5 Å². The third kappa shape index (κ3) is 4.29. The number of piperazine rings is 1. The Kier molecular flexibility index (Phi) is 7.03. The van der Waals surface area contributed by atoms with Crippen LogP contribution in [0.3, 0.4) is 0 Å². The van der Waals surface area contributed by atoms with Gasteiger partial charge >= 0.3 is 0 Å². The van der Waals surface area contributed by atoms with Crippen molar-refractivity contribution in [2.75, 3.05) is 50.0 Å². The average molecular weight is 284 g/mol. The number of benzene rings is 1. The molecule has 1 aromatic carbocycles. The van der Waals surface area contributed by atoms with E-state index in [0.717, 1.165) is 49.1 Å². The van der Waals surface area contributed by atoms with E-state index in [-0.39, 0.29) is 0 Å². The summed E-state index contributed by atoms with van der Waals surface area (Å²) in [5.41, 5.74) is 2.22. The lowest BCUT2D eigenvalue weighted by Gasteiger charge is -2.36. The third-order valence-corrected chi connectivity index (χ3v) is 3.70. The Labute approximate surface area is 122 Å². The lowest BCUT2D eigenvalue weighted by atomic mass is 10.2. The van der Waals surface area contributed by atoms with Crippen molar-refractivity contribution >= 4 is 23.0 Å². The van der Waals surface area contributed by atoms with Crippen LogP contribution in [-0.4, -0.2) is 44.7 Å². The number of nitrogens with zero attached hydrogens (tertiary/aromatic N) is 2. The molecule has 0 aromatic heterocycles. The summed E-state index contributed by atoms with van der Waals surface area (Å²) in [6.45, 7) is 11.7. The van der Waals surface area contributed by atoms with E-state index in [1.807, 2.05) is 27.0 Å². The van der Waals surface area contributed by atoms with Gasteiger partial charge in [-0.2, -0.15) is 0 Å². The first kappa shape index (κ1) is 16.1. The molecule has 1 N–H and O–H groups in total. The van der Waals surface area contributed by atoms with Crippen molar-refractivity contribution in [2.24, 2.45) is 0 Å². The van der Waals surface area contributed by atoms with Crippen LogP contribution in [0.5, 0.6) is 0 Å². The van der Waals surface area contributed by atoms with Crippen LogP contribution in [0.25, 0.3) is 0 Å². The van der Waals surface area contributed by atoms with Gasteiger partial charge in [0, 0.05) is 38.9 Å². The third-order valence-electron chi connectivity index (χ3n) is 3.40. The monoisotopic (exact) mass is 283 g/mol. The SMILES string of the molecule is CC.CCN1CCN(c2ccc(NC)cc2Cl)CC1. The van der Waals surface area contributed by atoms with Crippen LogP contribution in [-0.2, 0) is 0 Å². The fourth-order valence-electron chi connectivity index (χ4n) is 2.22. The van der Waals surface area contributed by atoms with E-state index >= 15 is 0 Å². The number of likely N-dealkylation sites (N-methyl/N-ethyl adjacent to an activating group) is 1. The first-order valence-electron chi connectivity index (χ1n) is 7.19. The predicted octanol–water partition coefficient (Wildman–Crippen LogP) is 3.55. The predicted molar refractivity (Wildman–Crippen MR) is 86.7 cm³/mol. The molecule has 4 heteroatoms. The van der Waals surface area contributed by atoms with E-state index in [1.54, 1.807) is 0 Å². The highest BCUT2D eigenvalue weighted by molar-refractivity contribution is 6.33. The van der Waals surface area contributed by atoms with Crippen LogP contribution in [0, 0.1) is 0 Å². The standard InChI is InChI=1S/C13H20ClN3.C2H6/c1-3-16-6-8-17(9-7-16)13-5-4-11(15-2)10-12(13)14;1-2/h4-5,10,15H,3,6-9H2,1-2H3;1-2H3. The molecule has 3 nitrogen and oxygen atoms in total. The Bertz CT molecular complexity index is 374. The molecule has 0 atom stereocenters. The molecule has 0 radical (unpaired) electrons. The van der Waals surface area contributed by atoms with E-state index in [1.165, 1.54) is 0 Å². The fourth-order valence-corrected chi connectivity index (χ4v) is 2.52. The maximum absolute atomic E-state index is 6.32. The van der Waals surface area contributed by atoms with Gasteiger partial charge in [0.1, 0.15) is 0 Å². The molecule has 0 aliphatic carbocycles. The quantitative estimate of drug-likeness (QED) is 0.915. The Morgan fingerprint density at radius 3 is 2.26 bits per heavy atom. The summed E-state index contributed by atoms with van der Waals surface area (Å²) < 4.78 is 0. The molecule has 1 aliphatic rings. The summed E-state index contributed by atoms with van der Waals surface area (Å²) >= 11 is 6.32. The molecule has 1 fully saturated rings. The second-order valence-electron chi connectivity index (χ2n) is 4.34. The van der Waals surface area contributed by atoms with Crippen molar-refractivity contribution in [1.29, 1.82) is 0 Å². The van der Waals surface area contributed by atoms with Gasteiger partial charge < -0.3 is 15.1 Å². The van der Waals surface area contributed by atoms with Crippen LogP contribution in [0.15, 0.2) is 18.2 Å². The summed E-state index contributed by atoms with van der Waals surface area (Å²) in [6.07, 6.45) is 0. The Balaban J connectivity index is 0.000000861. The largest absolute Gasteiger partial charge is 0.388 e. The number of hydrogen-bond acceptors (Lipinski definition) is 3. The summed E-state index contributed by atoms with van der Waals surface area (Å²) in [6, 6.07) is 6.17. The van der Waals surface area contributed by atoms with Gasteiger partial charge in [0.05, 0.1) is 10.7 Å². The molecule has 0 spiro atoms. The van der Waals surface area contributed by atoms with Gasteiger partial charge in [0.2, 0.25) is 0 Å². The van der Waals surface area contributed by atoms with Crippen molar-refractivity contribution < 1.29 is 0 Å². The van der Waals surface area contributed by atoms with Crippen LogP contribution in [0.1, 0.15) is 20.8 Å². The molecule has 1 aliphatic heterocycles. The minimum Gasteiger partial charge on any atom is -0.388 e. The van der Waals surface area contributed by atoms with Crippen LogP contribution in [0.2, 0.25) is 5.02 Å². The van der Waals surface area contributed by atoms with E-state index in [0.29, 0.717) is 0 Å². The Hall–Kier alpha value is -0.930. The Morgan fingerprint density at radius 2 is 1.79 bits per heavy atom. The number of nitrogens with one attached hydrogen (secondary N) is 1. The molecule has 1 saturated heterocycles. The molecule has 108 valence electrons. The minimum absolute atomic E-state index is 0.835. The van der Waals surface area contributed by atoms with Crippen molar-refractivity contribution in [3.8, 4) is 0 Å². The number of rotatable bonds is 3. The van der Waals surface area contributed by atoms with Crippen LogP contribution in [0.4, 0.5) is 11.4 Å². The van der Waals surface area contributed by atoms with E-state index < -0.39 is 0 Å². The van der Waals surface area contributed by atoms with E-state index in [4.69, 9.17) is 11.6 Å². The maximum Gasteiger partial charge on any atom is 0.0660 e. The molecule has 0 amide bonds. The lowest BCUT2D eigenvalue weighted by molar-refractivity contribution is 0.271. The minimum atomic E-state index is 0.835. The molecule has 1 heterocycles. The second kappa shape index (κ2) is 8.28. The summed E-state index contributed by atoms with van der Waals surface area (Å²) in [7, 11) is 1.91. The van der Waals surface area contributed by atoms with Crippen molar-refractivity contribution in [3.05, 3.63) is 23.2 Å². The molecular weight excluding hydrogens is 258 g/mol. The zero-order valence-electron chi connectivity index (χ0n) is 12.5. The molecule has 0 saturated carbocycles. The normalized spacial score (nSPS) is 15.7.